The minimum atomic E-state index is -0.913. The van der Waals surface area contributed by atoms with Crippen LogP contribution in [-0.4, -0.2) is 56.4 Å². The molecule has 3 rings (SSSR count). The number of nitrogens with zero attached hydrogens (tertiary/aromatic N) is 2. The smallest absolute Gasteiger partial charge is 0.335 e. The van der Waals surface area contributed by atoms with E-state index >= 15 is 0 Å². The molecule has 1 saturated heterocycles. The molecule has 1 aliphatic rings. The summed E-state index contributed by atoms with van der Waals surface area (Å²) in [6, 6.07) is 17.1. The van der Waals surface area contributed by atoms with Crippen molar-refractivity contribution in [3.05, 3.63) is 71.3 Å². The minimum absolute atomic E-state index is 0.0708. The Morgan fingerprint density at radius 2 is 1.56 bits per heavy atom. The molecule has 1 fully saturated rings. The largest absolute Gasteiger partial charge is 0.478 e. The van der Waals surface area contributed by atoms with Gasteiger partial charge in [-0.2, -0.15) is 0 Å². The van der Waals surface area contributed by atoms with Crippen molar-refractivity contribution in [2.75, 3.05) is 13.1 Å². The van der Waals surface area contributed by atoms with E-state index in [1.54, 1.807) is 23.9 Å². The van der Waals surface area contributed by atoms with Crippen molar-refractivity contribution in [2.45, 2.75) is 108 Å². The Hall–Kier alpha value is -2.80. The van der Waals surface area contributed by atoms with Crippen molar-refractivity contribution in [1.82, 2.24) is 9.80 Å². The molecule has 0 radical (unpaired) electrons. The number of carbonyl (C=O) groups is 3. The molecule has 1 aliphatic heterocycles. The van der Waals surface area contributed by atoms with Gasteiger partial charge in [-0.25, -0.2) is 4.79 Å². The highest BCUT2D eigenvalue weighted by Crippen LogP contribution is 2.37. The predicted molar refractivity (Wildman–Crippen MR) is 168 cm³/mol. The Labute approximate surface area is 250 Å². The third-order valence-electron chi connectivity index (χ3n) is 7.81. The summed E-state index contributed by atoms with van der Waals surface area (Å²) < 4.78 is 0. The third kappa shape index (κ3) is 10.8. The minimum Gasteiger partial charge on any atom is -0.478 e. The van der Waals surface area contributed by atoms with Crippen LogP contribution < -0.4 is 0 Å². The van der Waals surface area contributed by atoms with Gasteiger partial charge in [0.05, 0.1) is 16.2 Å². The quantitative estimate of drug-likeness (QED) is 0.174. The number of benzene rings is 2. The first kappa shape index (κ1) is 32.7. The first-order chi connectivity index (χ1) is 19.9. The van der Waals surface area contributed by atoms with E-state index in [-0.39, 0.29) is 28.9 Å². The second kappa shape index (κ2) is 17.9. The lowest BCUT2D eigenvalue weighted by Gasteiger charge is -2.24. The highest BCUT2D eigenvalue weighted by atomic mass is 32.2. The van der Waals surface area contributed by atoms with Crippen LogP contribution in [0.4, 0.5) is 0 Å². The zero-order valence-corrected chi connectivity index (χ0v) is 25.7. The second-order valence-electron chi connectivity index (χ2n) is 11.1. The van der Waals surface area contributed by atoms with Crippen molar-refractivity contribution in [1.29, 1.82) is 0 Å². The summed E-state index contributed by atoms with van der Waals surface area (Å²) in [5, 5.41) is 8.93. The van der Waals surface area contributed by atoms with E-state index in [9.17, 15) is 14.4 Å². The fourth-order valence-electron chi connectivity index (χ4n) is 5.34. The van der Waals surface area contributed by atoms with Crippen LogP contribution >= 0.6 is 11.8 Å². The summed E-state index contributed by atoms with van der Waals surface area (Å²) in [6.07, 6.45) is 11.9. The van der Waals surface area contributed by atoms with Gasteiger partial charge in [-0.05, 0) is 55.4 Å². The van der Waals surface area contributed by atoms with Gasteiger partial charge in [-0.1, -0.05) is 94.8 Å². The van der Waals surface area contributed by atoms with E-state index in [1.807, 2.05) is 40.1 Å². The lowest BCUT2D eigenvalue weighted by molar-refractivity contribution is -0.136. The fourth-order valence-corrected chi connectivity index (χ4v) is 6.87. The average molecular weight is 581 g/mol. The maximum atomic E-state index is 13.6. The molecule has 1 heterocycles. The number of carbonyl (C=O) groups excluding carboxylic acids is 2. The maximum Gasteiger partial charge on any atom is 0.335 e. The van der Waals surface area contributed by atoms with Crippen LogP contribution in [0.2, 0.25) is 0 Å². The van der Waals surface area contributed by atoms with Crippen LogP contribution in [0.5, 0.6) is 0 Å². The highest BCUT2D eigenvalue weighted by molar-refractivity contribution is 8.01. The molecule has 41 heavy (non-hydrogen) atoms. The number of aryl methyl sites for hydroxylation is 1. The van der Waals surface area contributed by atoms with Crippen molar-refractivity contribution in [3.8, 4) is 0 Å². The molecule has 2 aromatic rings. The summed E-state index contributed by atoms with van der Waals surface area (Å²) in [4.78, 5) is 42.2. The van der Waals surface area contributed by atoms with Gasteiger partial charge in [-0.3, -0.25) is 9.59 Å². The summed E-state index contributed by atoms with van der Waals surface area (Å²) >= 11 is 1.70. The monoisotopic (exact) mass is 580 g/mol. The molecule has 224 valence electrons. The SMILES string of the molecule is CCCCCCCC1SC(CC(=O)N(CCCC)Cc2ccccc2)C(=O)N1CCCCc1ccc(C(=O)O)cc1. The molecule has 6 nitrogen and oxygen atoms in total. The van der Waals surface area contributed by atoms with Crippen LogP contribution in [-0.2, 0) is 22.6 Å². The predicted octanol–water partition coefficient (Wildman–Crippen LogP) is 7.56. The van der Waals surface area contributed by atoms with E-state index in [2.05, 4.69) is 26.0 Å². The molecule has 0 bridgehead atoms. The molecule has 1 N–H and O–H groups in total. The van der Waals surface area contributed by atoms with Gasteiger partial charge in [0.2, 0.25) is 11.8 Å². The van der Waals surface area contributed by atoms with Gasteiger partial charge in [0.25, 0.3) is 0 Å². The Bertz CT molecular complexity index is 1080. The Kier molecular flexibility index (Phi) is 14.3. The number of thioether (sulfide) groups is 1. The van der Waals surface area contributed by atoms with Crippen molar-refractivity contribution < 1.29 is 19.5 Å². The molecule has 2 atom stereocenters. The number of hydrogen-bond acceptors (Lipinski definition) is 4. The first-order valence-electron chi connectivity index (χ1n) is 15.5. The van der Waals surface area contributed by atoms with E-state index in [0.717, 1.165) is 56.1 Å². The Balaban J connectivity index is 1.59. The van der Waals surface area contributed by atoms with E-state index in [0.29, 0.717) is 25.2 Å². The molecular weight excluding hydrogens is 532 g/mol. The molecule has 7 heteroatoms. The van der Waals surface area contributed by atoms with Crippen molar-refractivity contribution >= 4 is 29.5 Å². The third-order valence-corrected chi connectivity index (χ3v) is 9.31. The molecule has 2 amide bonds. The number of carboxylic acids is 1. The lowest BCUT2D eigenvalue weighted by Crippen LogP contribution is -2.38. The topological polar surface area (TPSA) is 77.9 Å². The van der Waals surface area contributed by atoms with E-state index < -0.39 is 5.97 Å². The van der Waals surface area contributed by atoms with Crippen LogP contribution in [0.3, 0.4) is 0 Å². The van der Waals surface area contributed by atoms with Crippen LogP contribution in [0.15, 0.2) is 54.6 Å². The van der Waals surface area contributed by atoms with Crippen molar-refractivity contribution in [3.63, 3.8) is 0 Å². The number of rotatable bonds is 19. The summed E-state index contributed by atoms with van der Waals surface area (Å²) in [5.41, 5.74) is 2.53. The standard InChI is InChI=1S/C34H48N2O4S/c1-3-5-7-8-12-18-32-36(24-14-13-15-27-19-21-29(22-20-27)34(39)40)33(38)30(41-32)25-31(37)35(23-6-4-2)26-28-16-10-9-11-17-28/h9-11,16-17,19-22,30,32H,3-8,12-15,18,23-26H2,1-2H3,(H,39,40). The van der Waals surface area contributed by atoms with Crippen LogP contribution in [0.25, 0.3) is 0 Å². The fraction of sp³-hybridized carbons (Fsp3) is 0.559. The Morgan fingerprint density at radius 3 is 2.24 bits per heavy atom. The summed E-state index contributed by atoms with van der Waals surface area (Å²) in [7, 11) is 0. The summed E-state index contributed by atoms with van der Waals surface area (Å²) in [6.45, 7) is 6.36. The van der Waals surface area contributed by atoms with Crippen LogP contribution in [0.1, 0.15) is 106 Å². The van der Waals surface area contributed by atoms with Gasteiger partial charge < -0.3 is 14.9 Å². The molecule has 2 aromatic carbocycles. The molecular formula is C34H48N2O4S. The normalized spacial score (nSPS) is 16.7. The van der Waals surface area contributed by atoms with Gasteiger partial charge >= 0.3 is 5.97 Å². The summed E-state index contributed by atoms with van der Waals surface area (Å²) in [5.74, 6) is -0.728. The number of unbranched alkanes of at least 4 members (excludes halogenated alkanes) is 6. The van der Waals surface area contributed by atoms with Gasteiger partial charge in [-0.15, -0.1) is 11.8 Å². The number of aromatic carboxylic acids is 1. The van der Waals surface area contributed by atoms with Gasteiger partial charge in [0.1, 0.15) is 0 Å². The molecule has 0 aromatic heterocycles. The van der Waals surface area contributed by atoms with Gasteiger partial charge in [0.15, 0.2) is 0 Å². The molecule has 0 spiro atoms. The highest BCUT2D eigenvalue weighted by Gasteiger charge is 2.40. The van der Waals surface area contributed by atoms with Gasteiger partial charge in [0, 0.05) is 26.1 Å². The zero-order valence-electron chi connectivity index (χ0n) is 24.9. The van der Waals surface area contributed by atoms with E-state index in [4.69, 9.17) is 5.11 Å². The number of amides is 2. The number of carboxylic acid groups (broad SMARTS) is 1. The maximum absolute atomic E-state index is 13.6. The zero-order chi connectivity index (χ0) is 29.5. The first-order valence-corrected chi connectivity index (χ1v) is 16.5. The van der Waals surface area contributed by atoms with Crippen LogP contribution in [0, 0.1) is 0 Å². The average Bonchev–Trinajstić information content (AvgIpc) is 3.27. The molecule has 0 aliphatic carbocycles. The molecule has 0 saturated carbocycles. The van der Waals surface area contributed by atoms with E-state index in [1.165, 1.54) is 25.7 Å². The Morgan fingerprint density at radius 1 is 0.854 bits per heavy atom. The second-order valence-corrected chi connectivity index (χ2v) is 12.5. The lowest BCUT2D eigenvalue weighted by atomic mass is 10.1. The van der Waals surface area contributed by atoms with Crippen molar-refractivity contribution in [2.24, 2.45) is 0 Å². The number of hydrogen-bond donors (Lipinski definition) is 1. The molecule has 2 unspecified atom stereocenters.